The second-order valence-corrected chi connectivity index (χ2v) is 7.86. The monoisotopic (exact) mass is 451 g/mol. The van der Waals surface area contributed by atoms with Gasteiger partial charge in [-0.05, 0) is 43.2 Å². The molecule has 1 aliphatic rings. The Kier molecular flexibility index (Phi) is 4.91. The van der Waals surface area contributed by atoms with Crippen LogP contribution in [0.3, 0.4) is 0 Å². The van der Waals surface area contributed by atoms with Crippen molar-refractivity contribution >= 4 is 38.4 Å². The molecule has 4 nitrogen and oxygen atoms in total. The maximum absolute atomic E-state index is 12.9. The Morgan fingerprint density at radius 2 is 1.93 bits per heavy atom. The summed E-state index contributed by atoms with van der Waals surface area (Å²) in [4.78, 5) is 12.8. The number of nitrogens with zero attached hydrogens (tertiary/aromatic N) is 2. The summed E-state index contributed by atoms with van der Waals surface area (Å²) in [6.45, 7) is 0. The number of carbonyl (C=O) groups excluding carboxylic acids is 1. The molecule has 3 aromatic rings. The standard InChI is InChI=1S/C20H17BrF3N3O/c21-13-9-16(17-11-25-27(18(17)10-13)15-6-1-2-7-15)19(28)26-14-5-3-4-12(8-14)20(22,23)24/h3-5,8-11,15H,1-2,6-7H2,(H,26,28). The van der Waals surface area contributed by atoms with Crippen molar-refractivity contribution in [2.45, 2.75) is 37.9 Å². The SMILES string of the molecule is O=C(Nc1cccc(C(F)(F)F)c1)c1cc(Br)cc2c1cnn2C1CCCC1. The largest absolute Gasteiger partial charge is 0.416 e. The smallest absolute Gasteiger partial charge is 0.322 e. The summed E-state index contributed by atoms with van der Waals surface area (Å²) >= 11 is 3.43. The predicted octanol–water partition coefficient (Wildman–Crippen LogP) is 6.19. The molecule has 0 saturated heterocycles. The highest BCUT2D eigenvalue weighted by molar-refractivity contribution is 9.10. The van der Waals surface area contributed by atoms with E-state index in [4.69, 9.17) is 0 Å². The maximum Gasteiger partial charge on any atom is 0.416 e. The average molecular weight is 452 g/mol. The molecule has 1 saturated carbocycles. The van der Waals surface area contributed by atoms with Gasteiger partial charge in [-0.15, -0.1) is 0 Å². The number of amides is 1. The molecular weight excluding hydrogens is 435 g/mol. The minimum absolute atomic E-state index is 0.0936. The molecule has 1 aliphatic carbocycles. The van der Waals surface area contributed by atoms with Crippen molar-refractivity contribution in [3.63, 3.8) is 0 Å². The first-order valence-electron chi connectivity index (χ1n) is 8.98. The van der Waals surface area contributed by atoms with Crippen molar-refractivity contribution in [3.8, 4) is 0 Å². The van der Waals surface area contributed by atoms with E-state index in [2.05, 4.69) is 26.3 Å². The van der Waals surface area contributed by atoms with Crippen LogP contribution in [0.2, 0.25) is 0 Å². The Morgan fingerprint density at radius 1 is 1.18 bits per heavy atom. The molecule has 146 valence electrons. The molecule has 1 amide bonds. The van der Waals surface area contributed by atoms with Gasteiger partial charge >= 0.3 is 6.18 Å². The Bertz CT molecular complexity index is 1040. The van der Waals surface area contributed by atoms with Crippen LogP contribution < -0.4 is 5.32 Å². The number of halogens is 4. The van der Waals surface area contributed by atoms with E-state index in [0.29, 0.717) is 21.5 Å². The number of hydrogen-bond donors (Lipinski definition) is 1. The van der Waals surface area contributed by atoms with Gasteiger partial charge in [-0.25, -0.2) is 0 Å². The second kappa shape index (κ2) is 7.24. The number of rotatable bonds is 3. The van der Waals surface area contributed by atoms with Crippen LogP contribution in [-0.2, 0) is 6.18 Å². The number of aromatic nitrogens is 2. The first kappa shape index (κ1) is 19.0. The summed E-state index contributed by atoms with van der Waals surface area (Å²) < 4.78 is 41.4. The van der Waals surface area contributed by atoms with Crippen molar-refractivity contribution < 1.29 is 18.0 Å². The Morgan fingerprint density at radius 3 is 2.64 bits per heavy atom. The summed E-state index contributed by atoms with van der Waals surface area (Å²) in [5, 5.41) is 7.73. The molecule has 0 bridgehead atoms. The molecule has 1 N–H and O–H groups in total. The zero-order valence-corrected chi connectivity index (χ0v) is 16.3. The highest BCUT2D eigenvalue weighted by atomic mass is 79.9. The molecule has 8 heteroatoms. The van der Waals surface area contributed by atoms with Gasteiger partial charge in [0.05, 0.1) is 28.9 Å². The van der Waals surface area contributed by atoms with E-state index in [1.165, 1.54) is 12.1 Å². The first-order chi connectivity index (χ1) is 13.3. The summed E-state index contributed by atoms with van der Waals surface area (Å²) in [6, 6.07) is 8.49. The summed E-state index contributed by atoms with van der Waals surface area (Å²) in [5.41, 5.74) is 0.497. The summed E-state index contributed by atoms with van der Waals surface area (Å²) in [7, 11) is 0. The second-order valence-electron chi connectivity index (χ2n) is 6.95. The predicted molar refractivity (Wildman–Crippen MR) is 104 cm³/mol. The Balaban J connectivity index is 1.68. The molecule has 1 heterocycles. The third-order valence-corrected chi connectivity index (χ3v) is 5.50. The molecule has 0 spiro atoms. The molecule has 0 atom stereocenters. The van der Waals surface area contributed by atoms with Crippen LogP contribution in [0.4, 0.5) is 18.9 Å². The van der Waals surface area contributed by atoms with Crippen molar-refractivity contribution in [3.05, 3.63) is 58.2 Å². The molecule has 1 aromatic heterocycles. The number of anilines is 1. The molecule has 0 radical (unpaired) electrons. The van der Waals surface area contributed by atoms with Gasteiger partial charge < -0.3 is 5.32 Å². The van der Waals surface area contributed by atoms with Gasteiger partial charge in [0.15, 0.2) is 0 Å². The number of fused-ring (bicyclic) bond motifs is 1. The van der Waals surface area contributed by atoms with Gasteiger partial charge in [0, 0.05) is 15.5 Å². The van der Waals surface area contributed by atoms with Crippen LogP contribution in [0, 0.1) is 0 Å². The summed E-state index contributed by atoms with van der Waals surface area (Å²) in [5.74, 6) is -0.475. The molecule has 2 aromatic carbocycles. The van der Waals surface area contributed by atoms with E-state index in [9.17, 15) is 18.0 Å². The Hall–Kier alpha value is -2.35. The minimum Gasteiger partial charge on any atom is -0.322 e. The van der Waals surface area contributed by atoms with Crippen molar-refractivity contribution in [1.82, 2.24) is 9.78 Å². The van der Waals surface area contributed by atoms with Gasteiger partial charge in [0.25, 0.3) is 5.91 Å². The lowest BCUT2D eigenvalue weighted by Crippen LogP contribution is -2.14. The molecule has 0 unspecified atom stereocenters. The topological polar surface area (TPSA) is 46.9 Å². The van der Waals surface area contributed by atoms with Crippen LogP contribution in [-0.4, -0.2) is 15.7 Å². The van der Waals surface area contributed by atoms with Gasteiger partial charge in [-0.2, -0.15) is 18.3 Å². The number of carbonyl (C=O) groups is 1. The van der Waals surface area contributed by atoms with Crippen molar-refractivity contribution in [2.75, 3.05) is 5.32 Å². The van der Waals surface area contributed by atoms with Gasteiger partial charge in [0.2, 0.25) is 0 Å². The lowest BCUT2D eigenvalue weighted by molar-refractivity contribution is -0.137. The van der Waals surface area contributed by atoms with E-state index in [0.717, 1.165) is 43.3 Å². The highest BCUT2D eigenvalue weighted by Crippen LogP contribution is 2.34. The minimum atomic E-state index is -4.47. The zero-order valence-electron chi connectivity index (χ0n) is 14.8. The fourth-order valence-corrected chi connectivity index (χ4v) is 4.16. The van der Waals surface area contributed by atoms with Crippen molar-refractivity contribution in [1.29, 1.82) is 0 Å². The third-order valence-electron chi connectivity index (χ3n) is 5.04. The lowest BCUT2D eigenvalue weighted by atomic mass is 10.1. The molecule has 1 fully saturated rings. The number of alkyl halides is 3. The number of benzene rings is 2. The van der Waals surface area contributed by atoms with Crippen LogP contribution in [0.1, 0.15) is 47.6 Å². The maximum atomic E-state index is 12.9. The van der Waals surface area contributed by atoms with E-state index in [1.54, 1.807) is 12.3 Å². The first-order valence-corrected chi connectivity index (χ1v) is 9.77. The highest BCUT2D eigenvalue weighted by Gasteiger charge is 2.30. The van der Waals surface area contributed by atoms with E-state index in [-0.39, 0.29) is 5.69 Å². The molecule has 28 heavy (non-hydrogen) atoms. The van der Waals surface area contributed by atoms with E-state index < -0.39 is 17.6 Å². The third kappa shape index (κ3) is 3.65. The van der Waals surface area contributed by atoms with Gasteiger partial charge in [-0.1, -0.05) is 34.8 Å². The number of hydrogen-bond acceptors (Lipinski definition) is 2. The van der Waals surface area contributed by atoms with Crippen LogP contribution in [0.5, 0.6) is 0 Å². The van der Waals surface area contributed by atoms with Crippen LogP contribution >= 0.6 is 15.9 Å². The van der Waals surface area contributed by atoms with Crippen molar-refractivity contribution in [2.24, 2.45) is 0 Å². The van der Waals surface area contributed by atoms with Gasteiger partial charge in [-0.3, -0.25) is 9.48 Å². The Labute approximate surface area is 167 Å². The lowest BCUT2D eigenvalue weighted by Gasteiger charge is -2.13. The molecule has 0 aliphatic heterocycles. The quantitative estimate of drug-likeness (QED) is 0.516. The normalized spacial score (nSPS) is 15.3. The zero-order chi connectivity index (χ0) is 19.9. The van der Waals surface area contributed by atoms with E-state index in [1.807, 2.05) is 10.7 Å². The molecule has 4 rings (SSSR count). The van der Waals surface area contributed by atoms with E-state index >= 15 is 0 Å². The van der Waals surface area contributed by atoms with Crippen LogP contribution in [0.25, 0.3) is 10.9 Å². The van der Waals surface area contributed by atoms with Crippen LogP contribution in [0.15, 0.2) is 47.1 Å². The fraction of sp³-hybridized carbons (Fsp3) is 0.300. The average Bonchev–Trinajstić information content (AvgIpc) is 3.29. The fourth-order valence-electron chi connectivity index (χ4n) is 3.71. The number of nitrogens with one attached hydrogen (secondary N) is 1. The van der Waals surface area contributed by atoms with Gasteiger partial charge in [0.1, 0.15) is 0 Å². The molecular formula is C20H17BrF3N3O. The summed E-state index contributed by atoms with van der Waals surface area (Å²) in [6.07, 6.45) is 1.60.